The Morgan fingerprint density at radius 3 is 2.39 bits per heavy atom. The number of hydrogen-bond acceptors (Lipinski definition) is 7. The number of methoxy groups -OCH3 is 2. The first-order valence-corrected chi connectivity index (χ1v) is 9.70. The molecular weight excluding hydrogens is 404 g/mol. The molecule has 2 rings (SSSR count). The van der Waals surface area contributed by atoms with Crippen LogP contribution in [0.25, 0.3) is 0 Å². The number of rotatable bonds is 12. The molecular formula is C22H28N2O7. The number of hydrogen-bond donors (Lipinski definition) is 3. The van der Waals surface area contributed by atoms with E-state index in [0.29, 0.717) is 22.8 Å². The van der Waals surface area contributed by atoms with Crippen LogP contribution in [0.4, 0.5) is 0 Å². The number of ether oxygens (including phenoxy) is 4. The van der Waals surface area contributed by atoms with E-state index in [0.717, 1.165) is 0 Å². The van der Waals surface area contributed by atoms with Crippen molar-refractivity contribution in [2.24, 2.45) is 5.92 Å². The lowest BCUT2D eigenvalue weighted by molar-refractivity contribution is -0.133. The summed E-state index contributed by atoms with van der Waals surface area (Å²) in [5.41, 5.74) is 2.04. The zero-order valence-corrected chi connectivity index (χ0v) is 17.8. The molecule has 0 radical (unpaired) electrons. The molecule has 0 aromatic heterocycles. The van der Waals surface area contributed by atoms with Gasteiger partial charge in [0.1, 0.15) is 24.0 Å². The molecule has 3 N–H and O–H groups in total. The van der Waals surface area contributed by atoms with Gasteiger partial charge in [0.25, 0.3) is 5.91 Å². The molecule has 0 heterocycles. The molecule has 168 valence electrons. The third-order valence-corrected chi connectivity index (χ3v) is 4.44. The average molecular weight is 432 g/mol. The molecule has 0 aliphatic rings. The summed E-state index contributed by atoms with van der Waals surface area (Å²) in [6, 6.07) is 13.4. The van der Waals surface area contributed by atoms with Crippen LogP contribution in [0, 0.1) is 5.92 Å². The molecule has 31 heavy (non-hydrogen) atoms. The van der Waals surface area contributed by atoms with E-state index in [4.69, 9.17) is 24.2 Å². The van der Waals surface area contributed by atoms with Gasteiger partial charge in [-0.25, -0.2) is 5.48 Å². The summed E-state index contributed by atoms with van der Waals surface area (Å²) in [6.07, 6.45) is 0.277. The van der Waals surface area contributed by atoms with Gasteiger partial charge in [0.15, 0.2) is 0 Å². The van der Waals surface area contributed by atoms with Gasteiger partial charge in [-0.2, -0.15) is 0 Å². The number of carbonyl (C=O) groups is 2. The van der Waals surface area contributed by atoms with Crippen molar-refractivity contribution in [2.45, 2.75) is 19.4 Å². The Balaban J connectivity index is 2.00. The van der Waals surface area contributed by atoms with Crippen molar-refractivity contribution in [1.29, 1.82) is 0 Å². The second-order valence-corrected chi connectivity index (χ2v) is 6.87. The first kappa shape index (κ1) is 24.1. The number of carbonyl (C=O) groups excluding carboxylic acids is 2. The molecule has 2 aromatic carbocycles. The number of hydroxylamine groups is 1. The first-order chi connectivity index (χ1) is 15.0. The highest BCUT2D eigenvalue weighted by molar-refractivity contribution is 5.94. The fourth-order valence-corrected chi connectivity index (χ4v) is 2.83. The zero-order chi connectivity index (χ0) is 22.6. The molecule has 0 aliphatic carbocycles. The molecule has 2 aromatic rings. The monoisotopic (exact) mass is 432 g/mol. The van der Waals surface area contributed by atoms with E-state index < -0.39 is 17.9 Å². The molecule has 0 spiro atoms. The van der Waals surface area contributed by atoms with Gasteiger partial charge in [-0.3, -0.25) is 14.8 Å². The fraction of sp³-hybridized carbons (Fsp3) is 0.364. The Kier molecular flexibility index (Phi) is 9.76. The summed E-state index contributed by atoms with van der Waals surface area (Å²) in [5, 5.41) is 11.6. The van der Waals surface area contributed by atoms with Gasteiger partial charge in [0.2, 0.25) is 5.91 Å². The number of nitrogens with one attached hydrogen (secondary N) is 2. The van der Waals surface area contributed by atoms with Crippen molar-refractivity contribution < 1.29 is 33.7 Å². The van der Waals surface area contributed by atoms with Gasteiger partial charge in [0, 0.05) is 24.7 Å². The molecule has 0 saturated carbocycles. The molecule has 0 saturated heterocycles. The fourth-order valence-electron chi connectivity index (χ4n) is 2.83. The minimum absolute atomic E-state index is 0.0588. The highest BCUT2D eigenvalue weighted by Gasteiger charge is 2.21. The van der Waals surface area contributed by atoms with Crippen molar-refractivity contribution in [3.05, 3.63) is 54.1 Å². The van der Waals surface area contributed by atoms with Crippen LogP contribution in [0.15, 0.2) is 48.5 Å². The van der Waals surface area contributed by atoms with Gasteiger partial charge in [0.05, 0.1) is 19.8 Å². The highest BCUT2D eigenvalue weighted by Crippen LogP contribution is 2.25. The summed E-state index contributed by atoms with van der Waals surface area (Å²) >= 11 is 0. The van der Waals surface area contributed by atoms with Gasteiger partial charge in [-0.1, -0.05) is 13.0 Å². The van der Waals surface area contributed by atoms with Crippen LogP contribution >= 0.6 is 0 Å². The van der Waals surface area contributed by atoms with E-state index in [9.17, 15) is 9.59 Å². The molecule has 9 nitrogen and oxygen atoms in total. The second kappa shape index (κ2) is 12.5. The normalized spacial score (nSPS) is 12.5. The third-order valence-electron chi connectivity index (χ3n) is 4.44. The average Bonchev–Trinajstić information content (AvgIpc) is 2.79. The summed E-state index contributed by atoms with van der Waals surface area (Å²) < 4.78 is 21.1. The Bertz CT molecular complexity index is 842. The SMILES string of the molecule is COCOCC(CC(C)C(=O)NO)NC(=O)c1ccc(Oc2cccc(OC)c2)cc1. The van der Waals surface area contributed by atoms with Crippen LogP contribution in [0.5, 0.6) is 17.2 Å². The number of benzene rings is 2. The topological polar surface area (TPSA) is 115 Å². The zero-order valence-electron chi connectivity index (χ0n) is 17.8. The maximum Gasteiger partial charge on any atom is 0.251 e. The quantitative estimate of drug-likeness (QED) is 0.204. The Morgan fingerprint density at radius 1 is 1.03 bits per heavy atom. The maximum atomic E-state index is 12.7. The van der Waals surface area contributed by atoms with Crippen LogP contribution in [0.1, 0.15) is 23.7 Å². The molecule has 2 unspecified atom stereocenters. The van der Waals surface area contributed by atoms with Crippen molar-refractivity contribution in [1.82, 2.24) is 10.8 Å². The molecule has 0 aliphatic heterocycles. The van der Waals surface area contributed by atoms with Crippen molar-refractivity contribution in [2.75, 3.05) is 27.6 Å². The molecule has 0 bridgehead atoms. The van der Waals surface area contributed by atoms with Gasteiger partial charge >= 0.3 is 0 Å². The molecule has 0 fully saturated rings. The first-order valence-electron chi connectivity index (χ1n) is 9.70. The minimum atomic E-state index is -0.537. The molecule has 9 heteroatoms. The van der Waals surface area contributed by atoms with Crippen LogP contribution in [-0.2, 0) is 14.3 Å². The van der Waals surface area contributed by atoms with E-state index in [2.05, 4.69) is 5.32 Å². The van der Waals surface area contributed by atoms with Crippen molar-refractivity contribution in [3.63, 3.8) is 0 Å². The Hall–Kier alpha value is -3.14. The standard InChI is InChI=1S/C22H28N2O7/c1-15(21(25)24-27)11-17(13-30-14-28-2)23-22(26)16-7-9-18(10-8-16)31-20-6-4-5-19(12-20)29-3/h4-10,12,15,17,27H,11,13-14H2,1-3H3,(H,23,26)(H,24,25). The predicted molar refractivity (Wildman–Crippen MR) is 112 cm³/mol. The van der Waals surface area contributed by atoms with Crippen molar-refractivity contribution >= 4 is 11.8 Å². The van der Waals surface area contributed by atoms with E-state index in [1.807, 2.05) is 12.1 Å². The summed E-state index contributed by atoms with van der Waals surface area (Å²) in [5.74, 6) is 0.473. The summed E-state index contributed by atoms with van der Waals surface area (Å²) in [6.45, 7) is 1.86. The van der Waals surface area contributed by atoms with Gasteiger partial charge in [-0.05, 0) is 42.8 Å². The van der Waals surface area contributed by atoms with E-state index >= 15 is 0 Å². The van der Waals surface area contributed by atoms with Gasteiger partial charge < -0.3 is 24.3 Å². The third kappa shape index (κ3) is 7.89. The minimum Gasteiger partial charge on any atom is -0.497 e. The predicted octanol–water partition coefficient (Wildman–Crippen LogP) is 2.74. The lowest BCUT2D eigenvalue weighted by atomic mass is 10.0. The molecule has 2 amide bonds. The van der Waals surface area contributed by atoms with Crippen LogP contribution in [0.2, 0.25) is 0 Å². The maximum absolute atomic E-state index is 12.7. The van der Waals surface area contributed by atoms with E-state index in [1.165, 1.54) is 7.11 Å². The smallest absolute Gasteiger partial charge is 0.251 e. The van der Waals surface area contributed by atoms with Crippen LogP contribution < -0.4 is 20.3 Å². The Labute approximate surface area is 181 Å². The summed E-state index contributed by atoms with van der Waals surface area (Å²) in [4.78, 5) is 24.3. The van der Waals surface area contributed by atoms with Crippen molar-refractivity contribution in [3.8, 4) is 17.2 Å². The Morgan fingerprint density at radius 2 is 1.74 bits per heavy atom. The molecule has 2 atom stereocenters. The highest BCUT2D eigenvalue weighted by atomic mass is 16.7. The lowest BCUT2D eigenvalue weighted by Gasteiger charge is -2.21. The largest absolute Gasteiger partial charge is 0.497 e. The van der Waals surface area contributed by atoms with Crippen LogP contribution in [-0.4, -0.2) is 50.7 Å². The van der Waals surface area contributed by atoms with E-state index in [1.54, 1.807) is 55.9 Å². The van der Waals surface area contributed by atoms with E-state index in [-0.39, 0.29) is 25.7 Å². The van der Waals surface area contributed by atoms with Gasteiger partial charge in [-0.15, -0.1) is 0 Å². The second-order valence-electron chi connectivity index (χ2n) is 6.87. The van der Waals surface area contributed by atoms with Crippen LogP contribution in [0.3, 0.4) is 0 Å². The lowest BCUT2D eigenvalue weighted by Crippen LogP contribution is -2.41. The summed E-state index contributed by atoms with van der Waals surface area (Å²) in [7, 11) is 3.07. The number of amides is 2.